The molecule has 0 amide bonds. The standard InChI is InChI=1S/C14H26S2/c1-3-5-11-15-13-9-7-8-10-14-16-12-6-4-2/h3-4H,1-2,5-14H2. The van der Waals surface area contributed by atoms with Gasteiger partial charge in [0.05, 0.1) is 0 Å². The van der Waals surface area contributed by atoms with E-state index in [1.54, 1.807) is 0 Å². The molecule has 0 atom stereocenters. The average Bonchev–Trinajstić information content (AvgIpc) is 2.31. The van der Waals surface area contributed by atoms with E-state index in [9.17, 15) is 0 Å². The van der Waals surface area contributed by atoms with Crippen molar-refractivity contribution in [3.63, 3.8) is 0 Å². The Morgan fingerprint density at radius 1 is 0.625 bits per heavy atom. The van der Waals surface area contributed by atoms with Gasteiger partial charge < -0.3 is 0 Å². The Bertz CT molecular complexity index is 137. The van der Waals surface area contributed by atoms with Crippen LogP contribution in [0.25, 0.3) is 0 Å². The SMILES string of the molecule is C=CCCSCCCCCCSCCC=C. The molecule has 0 nitrogen and oxygen atoms in total. The molecular weight excluding hydrogens is 232 g/mol. The van der Waals surface area contributed by atoms with Gasteiger partial charge in [0.15, 0.2) is 0 Å². The Labute approximate surface area is 110 Å². The van der Waals surface area contributed by atoms with Gasteiger partial charge in [0.1, 0.15) is 0 Å². The van der Waals surface area contributed by atoms with Gasteiger partial charge >= 0.3 is 0 Å². The zero-order chi connectivity index (χ0) is 11.9. The molecule has 0 aliphatic carbocycles. The van der Waals surface area contributed by atoms with E-state index in [0.717, 1.165) is 12.8 Å². The highest BCUT2D eigenvalue weighted by Crippen LogP contribution is 2.11. The summed E-state index contributed by atoms with van der Waals surface area (Å²) >= 11 is 4.13. The molecular formula is C14H26S2. The van der Waals surface area contributed by atoms with Crippen LogP contribution in [0.15, 0.2) is 25.3 Å². The summed E-state index contributed by atoms with van der Waals surface area (Å²) in [5, 5.41) is 0. The topological polar surface area (TPSA) is 0 Å². The van der Waals surface area contributed by atoms with E-state index in [2.05, 4.69) is 36.7 Å². The van der Waals surface area contributed by atoms with Crippen molar-refractivity contribution in [2.45, 2.75) is 38.5 Å². The van der Waals surface area contributed by atoms with Crippen molar-refractivity contribution >= 4 is 23.5 Å². The van der Waals surface area contributed by atoms with Gasteiger partial charge in [-0.05, 0) is 48.7 Å². The summed E-state index contributed by atoms with van der Waals surface area (Å²) in [6.45, 7) is 7.46. The minimum absolute atomic E-state index is 1.16. The largest absolute Gasteiger partial charge is 0.162 e. The predicted octanol–water partition coefficient (Wildman–Crippen LogP) is 5.17. The van der Waals surface area contributed by atoms with Crippen LogP contribution in [0.1, 0.15) is 38.5 Å². The quantitative estimate of drug-likeness (QED) is 0.330. The van der Waals surface area contributed by atoms with Crippen molar-refractivity contribution in [3.8, 4) is 0 Å². The minimum Gasteiger partial charge on any atom is -0.162 e. The van der Waals surface area contributed by atoms with Crippen molar-refractivity contribution in [3.05, 3.63) is 25.3 Å². The molecule has 0 saturated carbocycles. The van der Waals surface area contributed by atoms with E-state index in [1.165, 1.54) is 48.7 Å². The third kappa shape index (κ3) is 14.2. The van der Waals surface area contributed by atoms with Gasteiger partial charge in [-0.15, -0.1) is 13.2 Å². The second kappa shape index (κ2) is 15.2. The number of hydrogen-bond acceptors (Lipinski definition) is 2. The van der Waals surface area contributed by atoms with Crippen LogP contribution in [0.5, 0.6) is 0 Å². The fraction of sp³-hybridized carbons (Fsp3) is 0.714. The molecule has 0 bridgehead atoms. The molecule has 0 radical (unpaired) electrons. The Morgan fingerprint density at radius 2 is 1.06 bits per heavy atom. The van der Waals surface area contributed by atoms with Crippen LogP contribution < -0.4 is 0 Å². The van der Waals surface area contributed by atoms with Gasteiger partial charge in [0.25, 0.3) is 0 Å². The van der Waals surface area contributed by atoms with Crippen molar-refractivity contribution in [2.75, 3.05) is 23.0 Å². The normalized spacial score (nSPS) is 10.2. The molecule has 0 aromatic heterocycles. The molecule has 0 aliphatic heterocycles. The molecule has 0 unspecified atom stereocenters. The molecule has 0 aliphatic rings. The number of rotatable bonds is 13. The molecule has 94 valence electrons. The predicted molar refractivity (Wildman–Crippen MR) is 82.7 cm³/mol. The summed E-state index contributed by atoms with van der Waals surface area (Å²) in [6, 6.07) is 0. The summed E-state index contributed by atoms with van der Waals surface area (Å²) in [5.41, 5.74) is 0. The Kier molecular flexibility index (Phi) is 15.4. The first-order valence-electron chi connectivity index (χ1n) is 6.29. The first-order chi connectivity index (χ1) is 7.91. The lowest BCUT2D eigenvalue weighted by molar-refractivity contribution is 0.711. The van der Waals surface area contributed by atoms with E-state index in [0.29, 0.717) is 0 Å². The zero-order valence-electron chi connectivity index (χ0n) is 10.5. The van der Waals surface area contributed by atoms with Crippen LogP contribution in [0.3, 0.4) is 0 Å². The molecule has 0 saturated heterocycles. The third-order valence-corrected chi connectivity index (χ3v) is 4.46. The van der Waals surface area contributed by atoms with Gasteiger partial charge in [-0.1, -0.05) is 25.0 Å². The van der Waals surface area contributed by atoms with Gasteiger partial charge in [-0.2, -0.15) is 23.5 Å². The van der Waals surface area contributed by atoms with Crippen molar-refractivity contribution in [1.29, 1.82) is 0 Å². The highest BCUT2D eigenvalue weighted by Gasteiger charge is 1.92. The maximum absolute atomic E-state index is 3.73. The van der Waals surface area contributed by atoms with Crippen molar-refractivity contribution in [2.24, 2.45) is 0 Å². The van der Waals surface area contributed by atoms with Gasteiger partial charge in [-0.3, -0.25) is 0 Å². The lowest BCUT2D eigenvalue weighted by atomic mass is 10.2. The van der Waals surface area contributed by atoms with Gasteiger partial charge in [0, 0.05) is 0 Å². The Hall–Kier alpha value is 0.180. The van der Waals surface area contributed by atoms with E-state index in [4.69, 9.17) is 0 Å². The lowest BCUT2D eigenvalue weighted by Gasteiger charge is -2.01. The van der Waals surface area contributed by atoms with Crippen LogP contribution in [-0.2, 0) is 0 Å². The Balaban J connectivity index is 2.87. The Morgan fingerprint density at radius 3 is 1.44 bits per heavy atom. The van der Waals surface area contributed by atoms with Crippen molar-refractivity contribution < 1.29 is 0 Å². The summed E-state index contributed by atoms with van der Waals surface area (Å²) in [5.74, 6) is 5.16. The maximum Gasteiger partial charge on any atom is -0.00330 e. The fourth-order valence-electron chi connectivity index (χ4n) is 1.30. The van der Waals surface area contributed by atoms with E-state index >= 15 is 0 Å². The summed E-state index contributed by atoms with van der Waals surface area (Å²) in [4.78, 5) is 0. The van der Waals surface area contributed by atoms with Crippen LogP contribution >= 0.6 is 23.5 Å². The zero-order valence-corrected chi connectivity index (χ0v) is 12.1. The van der Waals surface area contributed by atoms with Crippen LogP contribution in [0, 0.1) is 0 Å². The maximum atomic E-state index is 3.73. The van der Waals surface area contributed by atoms with Crippen molar-refractivity contribution in [1.82, 2.24) is 0 Å². The van der Waals surface area contributed by atoms with Crippen LogP contribution in [0.2, 0.25) is 0 Å². The minimum atomic E-state index is 1.16. The second-order valence-electron chi connectivity index (χ2n) is 3.79. The first-order valence-corrected chi connectivity index (χ1v) is 8.60. The van der Waals surface area contributed by atoms with Crippen LogP contribution in [0.4, 0.5) is 0 Å². The monoisotopic (exact) mass is 258 g/mol. The summed E-state index contributed by atoms with van der Waals surface area (Å²) < 4.78 is 0. The molecule has 0 spiro atoms. The van der Waals surface area contributed by atoms with Gasteiger partial charge in [0.2, 0.25) is 0 Å². The summed E-state index contributed by atoms with van der Waals surface area (Å²) in [7, 11) is 0. The second-order valence-corrected chi connectivity index (χ2v) is 6.24. The van der Waals surface area contributed by atoms with E-state index in [1.807, 2.05) is 12.2 Å². The third-order valence-electron chi connectivity index (χ3n) is 2.26. The number of thioether (sulfide) groups is 2. The molecule has 0 aromatic rings. The lowest BCUT2D eigenvalue weighted by Crippen LogP contribution is -1.86. The highest BCUT2D eigenvalue weighted by atomic mass is 32.2. The number of hydrogen-bond donors (Lipinski definition) is 0. The van der Waals surface area contributed by atoms with E-state index in [-0.39, 0.29) is 0 Å². The number of allylic oxidation sites excluding steroid dienone is 2. The smallest absolute Gasteiger partial charge is 0.00330 e. The highest BCUT2D eigenvalue weighted by molar-refractivity contribution is 7.99. The fourth-order valence-corrected chi connectivity index (χ4v) is 3.19. The average molecular weight is 258 g/mol. The molecule has 2 heteroatoms. The van der Waals surface area contributed by atoms with E-state index < -0.39 is 0 Å². The number of unbranched alkanes of at least 4 members (excludes halogenated alkanes) is 3. The molecule has 0 aromatic carbocycles. The molecule has 0 fully saturated rings. The molecule has 0 heterocycles. The summed E-state index contributed by atoms with van der Waals surface area (Å²) in [6.07, 6.45) is 11.9. The first kappa shape index (κ1) is 16.2. The van der Waals surface area contributed by atoms with Gasteiger partial charge in [-0.25, -0.2) is 0 Å². The van der Waals surface area contributed by atoms with Crippen LogP contribution in [-0.4, -0.2) is 23.0 Å². The molecule has 16 heavy (non-hydrogen) atoms. The molecule has 0 rings (SSSR count). The molecule has 0 N–H and O–H groups in total.